The Morgan fingerprint density at radius 1 is 1.19 bits per heavy atom. The molecule has 0 unspecified atom stereocenters. The first kappa shape index (κ1) is 13.0. The molecular weight excluding hydrogens is 270 g/mol. The zero-order chi connectivity index (χ0) is 14.8. The lowest BCUT2D eigenvalue weighted by molar-refractivity contribution is 0.0695. The van der Waals surface area contributed by atoms with Crippen LogP contribution < -0.4 is 4.74 Å². The zero-order valence-electron chi connectivity index (χ0n) is 11.1. The van der Waals surface area contributed by atoms with E-state index in [-0.39, 0.29) is 11.6 Å². The lowest BCUT2D eigenvalue weighted by atomic mass is 10.2. The predicted molar refractivity (Wildman–Crippen MR) is 75.5 cm³/mol. The van der Waals surface area contributed by atoms with Crippen molar-refractivity contribution in [3.05, 3.63) is 54.0 Å². The van der Waals surface area contributed by atoms with Gasteiger partial charge in [0.15, 0.2) is 0 Å². The molecule has 3 rings (SSSR count). The molecule has 0 aliphatic rings. The van der Waals surface area contributed by atoms with E-state index in [0.29, 0.717) is 11.4 Å². The van der Waals surface area contributed by atoms with Crippen molar-refractivity contribution in [3.8, 4) is 11.8 Å². The highest BCUT2D eigenvalue weighted by Gasteiger charge is 2.11. The normalized spacial score (nSPS) is 10.5. The maximum atomic E-state index is 10.9. The lowest BCUT2D eigenvalue weighted by Crippen LogP contribution is -2.04. The monoisotopic (exact) mass is 281 g/mol. The number of benzene rings is 1. The van der Waals surface area contributed by atoms with Crippen LogP contribution in [0.5, 0.6) is 11.8 Å². The summed E-state index contributed by atoms with van der Waals surface area (Å²) in [5.41, 5.74) is 1.27. The summed E-state index contributed by atoms with van der Waals surface area (Å²) in [6.45, 7) is 1.59. The maximum absolute atomic E-state index is 10.9. The van der Waals surface area contributed by atoms with Crippen molar-refractivity contribution in [2.45, 2.75) is 6.92 Å². The molecule has 0 radical (unpaired) electrons. The molecule has 3 aromatic rings. The van der Waals surface area contributed by atoms with Crippen LogP contribution in [0.1, 0.15) is 16.1 Å². The van der Waals surface area contributed by atoms with E-state index in [0.717, 1.165) is 10.9 Å². The molecule has 0 saturated heterocycles. The van der Waals surface area contributed by atoms with Crippen molar-refractivity contribution in [1.29, 1.82) is 0 Å². The van der Waals surface area contributed by atoms with Crippen LogP contribution >= 0.6 is 0 Å². The molecule has 0 aliphatic carbocycles. The van der Waals surface area contributed by atoms with Gasteiger partial charge in [-0.1, -0.05) is 18.2 Å². The van der Waals surface area contributed by atoms with Crippen LogP contribution in [0, 0.1) is 6.92 Å². The Bertz CT molecular complexity index is 833. The van der Waals surface area contributed by atoms with Crippen LogP contribution in [0.15, 0.2) is 42.7 Å². The lowest BCUT2D eigenvalue weighted by Gasteiger charge is -2.06. The highest BCUT2D eigenvalue weighted by atomic mass is 16.5. The van der Waals surface area contributed by atoms with Gasteiger partial charge in [-0.05, 0) is 19.1 Å². The van der Waals surface area contributed by atoms with Crippen LogP contribution in [-0.4, -0.2) is 26.0 Å². The van der Waals surface area contributed by atoms with E-state index in [4.69, 9.17) is 9.84 Å². The van der Waals surface area contributed by atoms with Crippen LogP contribution in [-0.2, 0) is 0 Å². The number of para-hydroxylation sites is 1. The molecule has 0 atom stereocenters. The first-order valence-corrected chi connectivity index (χ1v) is 6.23. The summed E-state index contributed by atoms with van der Waals surface area (Å²) in [5.74, 6) is -0.567. The first-order chi connectivity index (χ1) is 10.1. The van der Waals surface area contributed by atoms with Crippen molar-refractivity contribution in [2.24, 2.45) is 0 Å². The molecule has 0 saturated carbocycles. The Labute approximate surface area is 120 Å². The molecular formula is C15H11N3O3. The van der Waals surface area contributed by atoms with Gasteiger partial charge in [-0.2, -0.15) is 4.98 Å². The second-order valence-electron chi connectivity index (χ2n) is 4.42. The Kier molecular flexibility index (Phi) is 3.19. The van der Waals surface area contributed by atoms with Gasteiger partial charge in [0, 0.05) is 11.6 Å². The third kappa shape index (κ3) is 2.64. The number of aryl methyl sites for hydroxylation is 1. The topological polar surface area (TPSA) is 85.2 Å². The van der Waals surface area contributed by atoms with Crippen LogP contribution in [0.25, 0.3) is 10.9 Å². The molecule has 0 fully saturated rings. The molecule has 6 nitrogen and oxygen atoms in total. The molecule has 0 bridgehead atoms. The molecule has 2 aromatic heterocycles. The molecule has 1 N–H and O–H groups in total. The van der Waals surface area contributed by atoms with E-state index in [9.17, 15) is 4.79 Å². The van der Waals surface area contributed by atoms with Gasteiger partial charge >= 0.3 is 12.0 Å². The summed E-state index contributed by atoms with van der Waals surface area (Å²) >= 11 is 0. The zero-order valence-corrected chi connectivity index (χ0v) is 11.1. The number of carboxylic acids is 1. The Morgan fingerprint density at radius 3 is 2.76 bits per heavy atom. The number of ether oxygens (including phenoxy) is 1. The van der Waals surface area contributed by atoms with Crippen LogP contribution in [0.4, 0.5) is 0 Å². The van der Waals surface area contributed by atoms with E-state index in [1.165, 1.54) is 6.20 Å². The van der Waals surface area contributed by atoms with Gasteiger partial charge in [-0.3, -0.25) is 4.98 Å². The maximum Gasteiger partial charge on any atom is 0.339 e. The van der Waals surface area contributed by atoms with Crippen molar-refractivity contribution in [1.82, 2.24) is 15.0 Å². The molecule has 0 amide bonds. The van der Waals surface area contributed by atoms with Crippen molar-refractivity contribution < 1.29 is 14.6 Å². The fourth-order valence-electron chi connectivity index (χ4n) is 1.92. The number of pyridine rings is 1. The van der Waals surface area contributed by atoms with Crippen LogP contribution in [0.3, 0.4) is 0 Å². The summed E-state index contributed by atoms with van der Waals surface area (Å²) in [7, 11) is 0. The molecule has 21 heavy (non-hydrogen) atoms. The summed E-state index contributed by atoms with van der Waals surface area (Å²) in [5, 5.41) is 9.87. The minimum absolute atomic E-state index is 0.0546. The van der Waals surface area contributed by atoms with Crippen molar-refractivity contribution in [3.63, 3.8) is 0 Å². The van der Waals surface area contributed by atoms with Crippen LogP contribution in [0.2, 0.25) is 0 Å². The van der Waals surface area contributed by atoms with Gasteiger partial charge in [-0.25, -0.2) is 9.78 Å². The molecule has 104 valence electrons. The van der Waals surface area contributed by atoms with E-state index < -0.39 is 5.97 Å². The number of hydrogen-bond acceptors (Lipinski definition) is 5. The number of carboxylic acid groups (broad SMARTS) is 1. The number of nitrogens with zero attached hydrogens (tertiary/aromatic N) is 3. The SMILES string of the molecule is Cc1nc(Oc2cnc3ccccc3c2)ncc1C(=O)O. The van der Waals surface area contributed by atoms with E-state index in [1.807, 2.05) is 30.3 Å². The van der Waals surface area contributed by atoms with Gasteiger partial charge in [0.05, 0.1) is 23.0 Å². The predicted octanol–water partition coefficient (Wildman–Crippen LogP) is 2.82. The molecule has 0 spiro atoms. The Morgan fingerprint density at radius 2 is 2.00 bits per heavy atom. The number of rotatable bonds is 3. The Hall–Kier alpha value is -3.02. The van der Waals surface area contributed by atoms with Gasteiger partial charge in [0.1, 0.15) is 5.75 Å². The summed E-state index contributed by atoms with van der Waals surface area (Å²) in [6, 6.07) is 9.57. The summed E-state index contributed by atoms with van der Waals surface area (Å²) < 4.78 is 5.52. The number of aromatic carboxylic acids is 1. The fraction of sp³-hybridized carbons (Fsp3) is 0.0667. The summed E-state index contributed by atoms with van der Waals surface area (Å²) in [6.07, 6.45) is 2.81. The smallest absolute Gasteiger partial charge is 0.339 e. The summed E-state index contributed by atoms with van der Waals surface area (Å²) in [4.78, 5) is 23.1. The molecule has 2 heterocycles. The molecule has 6 heteroatoms. The van der Waals surface area contributed by atoms with Gasteiger partial charge < -0.3 is 9.84 Å². The highest BCUT2D eigenvalue weighted by Crippen LogP contribution is 2.22. The minimum atomic E-state index is -1.06. The third-order valence-electron chi connectivity index (χ3n) is 2.96. The van der Waals surface area contributed by atoms with Gasteiger partial charge in [0.25, 0.3) is 0 Å². The molecule has 1 aromatic carbocycles. The van der Waals surface area contributed by atoms with Gasteiger partial charge in [-0.15, -0.1) is 0 Å². The average molecular weight is 281 g/mol. The number of aromatic nitrogens is 3. The van der Waals surface area contributed by atoms with Crippen molar-refractivity contribution >= 4 is 16.9 Å². The fourth-order valence-corrected chi connectivity index (χ4v) is 1.92. The molecule has 0 aliphatic heterocycles. The first-order valence-electron chi connectivity index (χ1n) is 6.23. The average Bonchev–Trinajstić information content (AvgIpc) is 2.47. The largest absolute Gasteiger partial charge is 0.478 e. The van der Waals surface area contributed by atoms with E-state index in [1.54, 1.807) is 13.1 Å². The number of hydrogen-bond donors (Lipinski definition) is 1. The van der Waals surface area contributed by atoms with E-state index >= 15 is 0 Å². The third-order valence-corrected chi connectivity index (χ3v) is 2.96. The standard InChI is InChI=1S/C15H11N3O3/c1-9-12(14(19)20)8-17-15(18-9)21-11-6-10-4-2-3-5-13(10)16-7-11/h2-8H,1H3,(H,19,20). The quantitative estimate of drug-likeness (QED) is 0.794. The Balaban J connectivity index is 1.91. The number of fused-ring (bicyclic) bond motifs is 1. The highest BCUT2D eigenvalue weighted by molar-refractivity contribution is 5.88. The second kappa shape index (κ2) is 5.16. The second-order valence-corrected chi connectivity index (χ2v) is 4.42. The van der Waals surface area contributed by atoms with Gasteiger partial charge in [0.2, 0.25) is 0 Å². The minimum Gasteiger partial charge on any atom is -0.478 e. The number of carbonyl (C=O) groups is 1. The van der Waals surface area contributed by atoms with Crippen molar-refractivity contribution in [2.75, 3.05) is 0 Å². The van der Waals surface area contributed by atoms with E-state index in [2.05, 4.69) is 15.0 Å².